The second-order valence-electron chi connectivity index (χ2n) is 11.3. The highest BCUT2D eigenvalue weighted by molar-refractivity contribution is 7.89. The lowest BCUT2D eigenvalue weighted by Crippen LogP contribution is -2.36. The smallest absolute Gasteiger partial charge is 0.241 e. The van der Waals surface area contributed by atoms with Gasteiger partial charge in [0.2, 0.25) is 15.9 Å². The van der Waals surface area contributed by atoms with Crippen LogP contribution in [0.5, 0.6) is 5.75 Å². The Hall–Kier alpha value is -3.72. The molecular formula is C34H37N3O4S. The Kier molecular flexibility index (Phi) is 8.55. The van der Waals surface area contributed by atoms with Gasteiger partial charge in [-0.3, -0.25) is 9.69 Å². The Morgan fingerprint density at radius 3 is 2.45 bits per heavy atom. The van der Waals surface area contributed by atoms with E-state index in [-0.39, 0.29) is 23.3 Å². The zero-order chi connectivity index (χ0) is 28.9. The summed E-state index contributed by atoms with van der Waals surface area (Å²) in [5.41, 5.74) is 2.93. The van der Waals surface area contributed by atoms with E-state index in [2.05, 4.69) is 27.1 Å². The Bertz CT molecular complexity index is 1650. The highest BCUT2D eigenvalue weighted by Gasteiger charge is 2.28. The molecule has 2 atom stereocenters. The summed E-state index contributed by atoms with van der Waals surface area (Å²) in [7, 11) is -3.90. The minimum Gasteiger partial charge on any atom is -0.493 e. The van der Waals surface area contributed by atoms with Gasteiger partial charge in [0.25, 0.3) is 0 Å². The zero-order valence-corrected chi connectivity index (χ0v) is 24.5. The van der Waals surface area contributed by atoms with Gasteiger partial charge >= 0.3 is 0 Å². The number of fused-ring (bicyclic) bond motifs is 2. The van der Waals surface area contributed by atoms with Crippen molar-refractivity contribution in [3.05, 3.63) is 108 Å². The van der Waals surface area contributed by atoms with E-state index in [0.717, 1.165) is 47.3 Å². The van der Waals surface area contributed by atoms with Gasteiger partial charge in [-0.15, -0.1) is 0 Å². The van der Waals surface area contributed by atoms with Crippen LogP contribution >= 0.6 is 0 Å². The fraction of sp³-hybridized carbons (Fsp3) is 0.324. The molecule has 4 aromatic carbocycles. The van der Waals surface area contributed by atoms with Crippen molar-refractivity contribution < 1.29 is 17.9 Å². The molecule has 0 spiro atoms. The average Bonchev–Trinajstić information content (AvgIpc) is 3.01. The summed E-state index contributed by atoms with van der Waals surface area (Å²) >= 11 is 0. The molecule has 1 unspecified atom stereocenters. The molecule has 1 fully saturated rings. The van der Waals surface area contributed by atoms with Crippen molar-refractivity contribution in [1.82, 2.24) is 14.9 Å². The molecule has 1 amide bonds. The first-order chi connectivity index (χ1) is 20.4. The molecule has 2 aliphatic rings. The standard InChI is InChI=1S/C34H37N3O4S/c38-34(35-31-17-20-41-33-16-13-25(21-30(31)33)24-37-18-7-2-8-19-37)23-32(27-10-3-1-4-11-27)36-42(39,40)29-15-14-26-9-5-6-12-28(26)22-29/h1,3-6,9-16,21-22,31-32,36H,2,7-8,17-20,23-24H2,(H,35,38)/t31?,32-/m1/s1. The van der Waals surface area contributed by atoms with Crippen LogP contribution in [-0.4, -0.2) is 38.9 Å². The molecule has 0 aromatic heterocycles. The maximum atomic E-state index is 13.5. The Balaban J connectivity index is 1.19. The molecular weight excluding hydrogens is 546 g/mol. The molecule has 2 N–H and O–H groups in total. The SMILES string of the molecule is O=C(C[C@@H](NS(=O)(=O)c1ccc2ccccc2c1)c1ccccc1)NC1CCOc2ccc(CN3CCCCC3)cc21. The second-order valence-corrected chi connectivity index (χ2v) is 13.0. The summed E-state index contributed by atoms with van der Waals surface area (Å²) in [6.45, 7) is 3.63. The summed E-state index contributed by atoms with van der Waals surface area (Å²) in [5, 5.41) is 4.99. The van der Waals surface area contributed by atoms with Crippen LogP contribution in [-0.2, 0) is 21.4 Å². The van der Waals surface area contributed by atoms with Gasteiger partial charge in [-0.25, -0.2) is 13.1 Å². The lowest BCUT2D eigenvalue weighted by atomic mass is 9.97. The van der Waals surface area contributed by atoms with E-state index in [0.29, 0.717) is 13.0 Å². The van der Waals surface area contributed by atoms with E-state index >= 15 is 0 Å². The Labute approximate surface area is 247 Å². The number of nitrogens with one attached hydrogen (secondary N) is 2. The van der Waals surface area contributed by atoms with Gasteiger partial charge in [0, 0.05) is 24.9 Å². The third kappa shape index (κ3) is 6.67. The third-order valence-electron chi connectivity index (χ3n) is 8.22. The van der Waals surface area contributed by atoms with Crippen molar-refractivity contribution in [2.24, 2.45) is 0 Å². The van der Waals surface area contributed by atoms with Crippen LogP contribution in [0, 0.1) is 0 Å². The molecule has 1 saturated heterocycles. The molecule has 218 valence electrons. The number of nitrogens with zero attached hydrogens (tertiary/aromatic N) is 1. The van der Waals surface area contributed by atoms with Crippen molar-refractivity contribution >= 4 is 26.7 Å². The van der Waals surface area contributed by atoms with E-state index < -0.39 is 16.1 Å². The normalized spacial score (nSPS) is 18.1. The quantitative estimate of drug-likeness (QED) is 0.257. The fourth-order valence-corrected chi connectivity index (χ4v) is 7.27. The highest BCUT2D eigenvalue weighted by Crippen LogP contribution is 2.34. The predicted molar refractivity (Wildman–Crippen MR) is 165 cm³/mol. The fourth-order valence-electron chi connectivity index (χ4n) is 6.01. The maximum Gasteiger partial charge on any atom is 0.241 e. The molecule has 2 aliphatic heterocycles. The van der Waals surface area contributed by atoms with E-state index in [4.69, 9.17) is 4.74 Å². The minimum atomic E-state index is -3.90. The highest BCUT2D eigenvalue weighted by atomic mass is 32.2. The van der Waals surface area contributed by atoms with Crippen molar-refractivity contribution in [2.45, 2.75) is 55.6 Å². The summed E-state index contributed by atoms with van der Waals surface area (Å²) in [6.07, 6.45) is 4.40. The first-order valence-electron chi connectivity index (χ1n) is 14.8. The van der Waals surface area contributed by atoms with E-state index in [1.807, 2.05) is 60.7 Å². The van der Waals surface area contributed by atoms with Crippen LogP contribution in [0.3, 0.4) is 0 Å². The van der Waals surface area contributed by atoms with Gasteiger partial charge in [-0.2, -0.15) is 0 Å². The number of benzene rings is 4. The Morgan fingerprint density at radius 1 is 0.881 bits per heavy atom. The number of rotatable bonds is 9. The summed E-state index contributed by atoms with van der Waals surface area (Å²) in [6, 6.07) is 27.3. The predicted octanol–water partition coefficient (Wildman–Crippen LogP) is 5.88. The van der Waals surface area contributed by atoms with Gasteiger partial charge in [-0.1, -0.05) is 73.2 Å². The number of ether oxygens (including phenoxy) is 1. The van der Waals surface area contributed by atoms with Crippen LogP contribution < -0.4 is 14.8 Å². The number of hydrogen-bond donors (Lipinski definition) is 2. The van der Waals surface area contributed by atoms with Crippen molar-refractivity contribution in [3.63, 3.8) is 0 Å². The summed E-state index contributed by atoms with van der Waals surface area (Å²) < 4.78 is 35.8. The first kappa shape index (κ1) is 28.4. The topological polar surface area (TPSA) is 87.7 Å². The second kappa shape index (κ2) is 12.7. The van der Waals surface area contributed by atoms with Crippen molar-refractivity contribution in [2.75, 3.05) is 19.7 Å². The van der Waals surface area contributed by atoms with Gasteiger partial charge in [0.1, 0.15) is 5.75 Å². The van der Waals surface area contributed by atoms with Crippen LogP contribution in [0.25, 0.3) is 10.8 Å². The van der Waals surface area contributed by atoms with E-state index in [1.54, 1.807) is 18.2 Å². The molecule has 0 bridgehead atoms. The van der Waals surface area contributed by atoms with Crippen molar-refractivity contribution in [3.8, 4) is 5.75 Å². The van der Waals surface area contributed by atoms with Gasteiger partial charge in [0.05, 0.1) is 23.6 Å². The number of sulfonamides is 1. The maximum absolute atomic E-state index is 13.5. The van der Waals surface area contributed by atoms with Gasteiger partial charge in [-0.05, 0) is 72.1 Å². The molecule has 7 nitrogen and oxygen atoms in total. The Morgan fingerprint density at radius 2 is 1.64 bits per heavy atom. The molecule has 0 saturated carbocycles. The largest absolute Gasteiger partial charge is 0.493 e. The molecule has 42 heavy (non-hydrogen) atoms. The average molecular weight is 584 g/mol. The lowest BCUT2D eigenvalue weighted by Gasteiger charge is -2.30. The minimum absolute atomic E-state index is 0.0308. The van der Waals surface area contributed by atoms with Crippen LogP contribution in [0.4, 0.5) is 0 Å². The first-order valence-corrected chi connectivity index (χ1v) is 16.3. The van der Waals surface area contributed by atoms with Gasteiger partial charge < -0.3 is 10.1 Å². The lowest BCUT2D eigenvalue weighted by molar-refractivity contribution is -0.122. The summed E-state index contributed by atoms with van der Waals surface area (Å²) in [4.78, 5) is 16.2. The van der Waals surface area contributed by atoms with Crippen LogP contribution in [0.2, 0.25) is 0 Å². The van der Waals surface area contributed by atoms with E-state index in [1.165, 1.54) is 24.8 Å². The number of piperidine rings is 1. The zero-order valence-electron chi connectivity index (χ0n) is 23.7. The molecule has 0 radical (unpaired) electrons. The number of carbonyl (C=O) groups is 1. The molecule has 8 heteroatoms. The molecule has 4 aromatic rings. The number of carbonyl (C=O) groups excluding carboxylic acids is 1. The number of amides is 1. The monoisotopic (exact) mass is 583 g/mol. The summed E-state index contributed by atoms with van der Waals surface area (Å²) in [5.74, 6) is 0.579. The third-order valence-corrected chi connectivity index (χ3v) is 9.69. The number of likely N-dealkylation sites (tertiary alicyclic amines) is 1. The van der Waals surface area contributed by atoms with Crippen molar-refractivity contribution in [1.29, 1.82) is 0 Å². The molecule has 6 rings (SSSR count). The molecule has 2 heterocycles. The van der Waals surface area contributed by atoms with Crippen LogP contribution in [0.1, 0.15) is 60.9 Å². The van der Waals surface area contributed by atoms with Gasteiger partial charge in [0.15, 0.2) is 0 Å². The molecule has 0 aliphatic carbocycles. The van der Waals surface area contributed by atoms with E-state index in [9.17, 15) is 13.2 Å². The number of hydrogen-bond acceptors (Lipinski definition) is 5. The van der Waals surface area contributed by atoms with Crippen LogP contribution in [0.15, 0.2) is 95.9 Å².